The highest BCUT2D eigenvalue weighted by molar-refractivity contribution is 5.99. The van der Waals surface area contributed by atoms with E-state index in [0.29, 0.717) is 0 Å². The fraction of sp³-hybridized carbons (Fsp3) is 0.333. The number of carboxylic acids is 1. The topological polar surface area (TPSA) is 83.8 Å². The number of carboxylic acid groups (broad SMARTS) is 1. The summed E-state index contributed by atoms with van der Waals surface area (Å²) in [6.07, 6.45) is -0.766. The number of aromatic hydroxyl groups is 1. The smallest absolute Gasteiger partial charge is 0.344 e. The number of aliphatic carboxylic acids is 1. The minimum atomic E-state index is -1.11. The van der Waals surface area contributed by atoms with Crippen LogP contribution in [0.3, 0.4) is 0 Å². The molecule has 5 nitrogen and oxygen atoms in total. The van der Waals surface area contributed by atoms with Crippen molar-refractivity contribution in [2.24, 2.45) is 0 Å². The van der Waals surface area contributed by atoms with E-state index in [-0.39, 0.29) is 29.3 Å². The molecule has 1 aromatic carbocycles. The minimum absolute atomic E-state index is 0.00667. The van der Waals surface area contributed by atoms with Gasteiger partial charge in [-0.05, 0) is 25.5 Å². The molecule has 0 saturated carbocycles. The number of carbonyl (C=O) groups excluding carboxylic acids is 1. The van der Waals surface area contributed by atoms with Crippen LogP contribution >= 0.6 is 0 Å². The van der Waals surface area contributed by atoms with Gasteiger partial charge in [-0.3, -0.25) is 4.79 Å². The van der Waals surface area contributed by atoms with Gasteiger partial charge in [0.25, 0.3) is 0 Å². The van der Waals surface area contributed by atoms with E-state index in [1.54, 1.807) is 6.92 Å². The van der Waals surface area contributed by atoms with Crippen molar-refractivity contribution in [2.45, 2.75) is 26.4 Å². The molecule has 0 aliphatic carbocycles. The Hall–Kier alpha value is -2.04. The van der Waals surface area contributed by atoms with Gasteiger partial charge in [0.15, 0.2) is 11.9 Å². The normalized spacial score (nSPS) is 11.9. The highest BCUT2D eigenvalue weighted by Crippen LogP contribution is 2.28. The monoisotopic (exact) mass is 238 g/mol. The van der Waals surface area contributed by atoms with Crippen molar-refractivity contribution >= 4 is 11.8 Å². The second-order valence-electron chi connectivity index (χ2n) is 3.56. The van der Waals surface area contributed by atoms with Gasteiger partial charge in [-0.25, -0.2) is 4.79 Å². The van der Waals surface area contributed by atoms with Crippen LogP contribution in [0.25, 0.3) is 0 Å². The summed E-state index contributed by atoms with van der Waals surface area (Å²) in [4.78, 5) is 22.2. The van der Waals surface area contributed by atoms with E-state index in [1.165, 1.54) is 25.1 Å². The number of Topliss-reactive ketones (excluding diaryl/α,β-unsaturated/α-hetero) is 1. The molecule has 92 valence electrons. The van der Waals surface area contributed by atoms with E-state index in [2.05, 4.69) is 0 Å². The van der Waals surface area contributed by atoms with Gasteiger partial charge in [-0.15, -0.1) is 0 Å². The first kappa shape index (κ1) is 13.0. The third kappa shape index (κ3) is 2.96. The molecule has 5 heteroatoms. The molecule has 0 fully saturated rings. The lowest BCUT2D eigenvalue weighted by Gasteiger charge is -2.15. The maximum Gasteiger partial charge on any atom is 0.344 e. The lowest BCUT2D eigenvalue weighted by Crippen LogP contribution is -2.26. The molecule has 0 aromatic heterocycles. The molecule has 0 saturated heterocycles. The van der Waals surface area contributed by atoms with Gasteiger partial charge < -0.3 is 14.9 Å². The molecule has 0 radical (unpaired) electrons. The van der Waals surface area contributed by atoms with Gasteiger partial charge in [-0.2, -0.15) is 0 Å². The molecule has 0 aliphatic rings. The number of benzene rings is 1. The fourth-order valence-corrected chi connectivity index (χ4v) is 1.43. The van der Waals surface area contributed by atoms with Crippen molar-refractivity contribution in [1.29, 1.82) is 0 Å². The van der Waals surface area contributed by atoms with Gasteiger partial charge >= 0.3 is 5.97 Å². The SMILES string of the molecule is CCC(Oc1cccc(O)c1C(C)=O)C(=O)O. The Labute approximate surface area is 98.6 Å². The van der Waals surface area contributed by atoms with Crippen molar-refractivity contribution in [3.63, 3.8) is 0 Å². The Morgan fingerprint density at radius 1 is 1.41 bits per heavy atom. The minimum Gasteiger partial charge on any atom is -0.507 e. The van der Waals surface area contributed by atoms with E-state index >= 15 is 0 Å². The van der Waals surface area contributed by atoms with Crippen molar-refractivity contribution in [3.8, 4) is 11.5 Å². The maximum absolute atomic E-state index is 11.3. The van der Waals surface area contributed by atoms with Crippen LogP contribution in [0.5, 0.6) is 11.5 Å². The average molecular weight is 238 g/mol. The summed E-state index contributed by atoms with van der Waals surface area (Å²) in [5.41, 5.74) is 0.00667. The fourth-order valence-electron chi connectivity index (χ4n) is 1.43. The molecule has 17 heavy (non-hydrogen) atoms. The standard InChI is InChI=1S/C12H14O5/c1-3-9(12(15)16)17-10-6-4-5-8(14)11(10)7(2)13/h4-6,9,14H,3H2,1-2H3,(H,15,16). The van der Waals surface area contributed by atoms with E-state index < -0.39 is 12.1 Å². The molecule has 0 bridgehead atoms. The zero-order valence-corrected chi connectivity index (χ0v) is 9.64. The van der Waals surface area contributed by atoms with Gasteiger partial charge in [0, 0.05) is 0 Å². The number of phenols is 1. The van der Waals surface area contributed by atoms with Gasteiger partial charge in [0.05, 0.1) is 0 Å². The first-order chi connectivity index (χ1) is 7.97. The molecule has 0 spiro atoms. The molecule has 1 aromatic rings. The predicted octanol–water partition coefficient (Wildman–Crippen LogP) is 1.84. The summed E-state index contributed by atoms with van der Waals surface area (Å²) < 4.78 is 5.22. The molecular weight excluding hydrogens is 224 g/mol. The third-order valence-corrected chi connectivity index (χ3v) is 2.27. The zero-order chi connectivity index (χ0) is 13.0. The quantitative estimate of drug-likeness (QED) is 0.764. The summed E-state index contributed by atoms with van der Waals surface area (Å²) >= 11 is 0. The van der Waals surface area contributed by atoms with Crippen LogP contribution in [0, 0.1) is 0 Å². The zero-order valence-electron chi connectivity index (χ0n) is 9.64. The Bertz CT molecular complexity index is 439. The van der Waals surface area contributed by atoms with Crippen LogP contribution in [-0.2, 0) is 4.79 Å². The number of ether oxygens (including phenoxy) is 1. The van der Waals surface area contributed by atoms with Crippen LogP contribution in [0.2, 0.25) is 0 Å². The Morgan fingerprint density at radius 3 is 2.53 bits per heavy atom. The Kier molecular flexibility index (Phi) is 4.09. The highest BCUT2D eigenvalue weighted by atomic mass is 16.5. The number of hydrogen-bond donors (Lipinski definition) is 2. The molecular formula is C12H14O5. The molecule has 2 N–H and O–H groups in total. The van der Waals surface area contributed by atoms with Crippen molar-refractivity contribution in [2.75, 3.05) is 0 Å². The van der Waals surface area contributed by atoms with E-state index in [0.717, 1.165) is 0 Å². The second kappa shape index (κ2) is 5.34. The molecule has 0 amide bonds. The Balaban J connectivity index is 3.10. The summed E-state index contributed by atoms with van der Waals surface area (Å²) in [6, 6.07) is 4.30. The highest BCUT2D eigenvalue weighted by Gasteiger charge is 2.21. The van der Waals surface area contributed by atoms with Crippen LogP contribution < -0.4 is 4.74 Å². The Morgan fingerprint density at radius 2 is 2.06 bits per heavy atom. The van der Waals surface area contributed by atoms with Gasteiger partial charge in [0.2, 0.25) is 0 Å². The number of phenolic OH excluding ortho intramolecular Hbond substituents is 1. The summed E-state index contributed by atoms with van der Waals surface area (Å²) in [7, 11) is 0. The summed E-state index contributed by atoms with van der Waals surface area (Å²) in [6.45, 7) is 2.94. The maximum atomic E-state index is 11.3. The van der Waals surface area contributed by atoms with Gasteiger partial charge in [-0.1, -0.05) is 13.0 Å². The average Bonchev–Trinajstić information content (AvgIpc) is 2.24. The molecule has 1 unspecified atom stereocenters. The lowest BCUT2D eigenvalue weighted by molar-refractivity contribution is -0.145. The van der Waals surface area contributed by atoms with Gasteiger partial charge in [0.1, 0.15) is 17.1 Å². The summed E-state index contributed by atoms with van der Waals surface area (Å²) in [5, 5.41) is 18.4. The van der Waals surface area contributed by atoms with E-state index in [9.17, 15) is 14.7 Å². The number of rotatable bonds is 5. The van der Waals surface area contributed by atoms with Crippen LogP contribution in [0.15, 0.2) is 18.2 Å². The first-order valence-electron chi connectivity index (χ1n) is 5.19. The molecule has 0 aliphatic heterocycles. The number of ketones is 1. The molecule has 0 heterocycles. The van der Waals surface area contributed by atoms with Crippen molar-refractivity contribution in [1.82, 2.24) is 0 Å². The first-order valence-corrected chi connectivity index (χ1v) is 5.19. The molecule has 1 rings (SSSR count). The third-order valence-electron chi connectivity index (χ3n) is 2.27. The van der Waals surface area contributed by atoms with E-state index in [4.69, 9.17) is 9.84 Å². The largest absolute Gasteiger partial charge is 0.507 e. The number of hydrogen-bond acceptors (Lipinski definition) is 4. The second-order valence-corrected chi connectivity index (χ2v) is 3.56. The lowest BCUT2D eigenvalue weighted by atomic mass is 10.1. The van der Waals surface area contributed by atoms with E-state index in [1.807, 2.05) is 0 Å². The van der Waals surface area contributed by atoms with Crippen LogP contribution in [-0.4, -0.2) is 28.1 Å². The van der Waals surface area contributed by atoms with Crippen molar-refractivity contribution < 1.29 is 24.5 Å². The molecule has 1 atom stereocenters. The van der Waals surface area contributed by atoms with Crippen LogP contribution in [0.4, 0.5) is 0 Å². The summed E-state index contributed by atoms with van der Waals surface area (Å²) in [5.74, 6) is -1.61. The number of carbonyl (C=O) groups is 2. The van der Waals surface area contributed by atoms with Crippen LogP contribution in [0.1, 0.15) is 30.6 Å². The van der Waals surface area contributed by atoms with Crippen molar-refractivity contribution in [3.05, 3.63) is 23.8 Å². The predicted molar refractivity (Wildman–Crippen MR) is 60.5 cm³/mol.